The van der Waals surface area contributed by atoms with E-state index >= 15 is 0 Å². The van der Waals surface area contributed by atoms with Crippen LogP contribution in [0.5, 0.6) is 0 Å². The van der Waals surface area contributed by atoms with Gasteiger partial charge in [0.25, 0.3) is 0 Å². The van der Waals surface area contributed by atoms with Crippen LogP contribution in [0.25, 0.3) is 0 Å². The average molecular weight is 263 g/mol. The molecule has 0 heterocycles. The van der Waals surface area contributed by atoms with Gasteiger partial charge in [0, 0.05) is 13.1 Å². The first-order valence-electron chi connectivity index (χ1n) is 6.82. The molecular weight excluding hydrogens is 238 g/mol. The molecule has 3 N–H and O–H groups in total. The van der Waals surface area contributed by atoms with E-state index in [1.54, 1.807) is 0 Å². The quantitative estimate of drug-likeness (QED) is 0.693. The van der Waals surface area contributed by atoms with E-state index in [9.17, 15) is 4.79 Å². The maximum atomic E-state index is 12.1. The number of hydrogen-bond acceptors (Lipinski definition) is 3. The van der Waals surface area contributed by atoms with E-state index < -0.39 is 0 Å². The minimum absolute atomic E-state index is 0.0264. The van der Waals surface area contributed by atoms with Gasteiger partial charge < -0.3 is 16.0 Å². The lowest BCUT2D eigenvalue weighted by Crippen LogP contribution is -2.34. The highest BCUT2D eigenvalue weighted by atomic mass is 16.1. The second-order valence-electron chi connectivity index (χ2n) is 5.00. The van der Waals surface area contributed by atoms with Crippen molar-refractivity contribution >= 4 is 5.91 Å². The normalized spacial score (nSPS) is 12.4. The van der Waals surface area contributed by atoms with Crippen molar-refractivity contribution in [2.75, 3.05) is 33.7 Å². The Balaban J connectivity index is 2.35. The number of benzene rings is 1. The summed E-state index contributed by atoms with van der Waals surface area (Å²) in [6, 6.07) is 9.70. The zero-order chi connectivity index (χ0) is 14.1. The number of rotatable bonds is 8. The van der Waals surface area contributed by atoms with Gasteiger partial charge in [-0.2, -0.15) is 0 Å². The summed E-state index contributed by atoms with van der Waals surface area (Å²) in [6.07, 6.45) is 2.09. The maximum absolute atomic E-state index is 12.1. The Hall–Kier alpha value is -1.39. The van der Waals surface area contributed by atoms with Crippen molar-refractivity contribution in [1.82, 2.24) is 10.2 Å². The van der Waals surface area contributed by atoms with E-state index in [-0.39, 0.29) is 11.8 Å². The topological polar surface area (TPSA) is 58.4 Å². The highest BCUT2D eigenvalue weighted by Crippen LogP contribution is 2.13. The number of amides is 1. The van der Waals surface area contributed by atoms with Gasteiger partial charge in [-0.25, -0.2) is 0 Å². The van der Waals surface area contributed by atoms with Crippen LogP contribution in [-0.4, -0.2) is 44.5 Å². The van der Waals surface area contributed by atoms with Crippen LogP contribution >= 0.6 is 0 Å². The standard InChI is InChI=1S/C15H25N3O/c1-18(2)11-7-6-10-17-15(19)14(12-16)13-8-4-3-5-9-13/h3-5,8-9,14H,6-7,10-12,16H2,1-2H3,(H,17,19). The van der Waals surface area contributed by atoms with Crippen LogP contribution in [0, 0.1) is 0 Å². The molecule has 106 valence electrons. The van der Waals surface area contributed by atoms with Gasteiger partial charge in [-0.3, -0.25) is 4.79 Å². The molecule has 19 heavy (non-hydrogen) atoms. The van der Waals surface area contributed by atoms with Gasteiger partial charge in [-0.05, 0) is 39.0 Å². The summed E-state index contributed by atoms with van der Waals surface area (Å²) in [4.78, 5) is 14.2. The molecule has 0 aliphatic rings. The van der Waals surface area contributed by atoms with Gasteiger partial charge in [0.15, 0.2) is 0 Å². The molecule has 1 amide bonds. The Kier molecular flexibility index (Phi) is 7.15. The van der Waals surface area contributed by atoms with Crippen molar-refractivity contribution in [3.63, 3.8) is 0 Å². The van der Waals surface area contributed by atoms with Crippen LogP contribution in [0.15, 0.2) is 30.3 Å². The van der Waals surface area contributed by atoms with Gasteiger partial charge in [-0.1, -0.05) is 30.3 Å². The highest BCUT2D eigenvalue weighted by Gasteiger charge is 2.17. The minimum atomic E-state index is -0.241. The smallest absolute Gasteiger partial charge is 0.228 e. The van der Waals surface area contributed by atoms with Crippen molar-refractivity contribution in [3.05, 3.63) is 35.9 Å². The summed E-state index contributed by atoms with van der Waals surface area (Å²) < 4.78 is 0. The minimum Gasteiger partial charge on any atom is -0.356 e. The van der Waals surface area contributed by atoms with E-state index in [4.69, 9.17) is 5.73 Å². The number of unbranched alkanes of at least 4 members (excludes halogenated alkanes) is 1. The second-order valence-corrected chi connectivity index (χ2v) is 5.00. The largest absolute Gasteiger partial charge is 0.356 e. The molecule has 0 aliphatic heterocycles. The summed E-state index contributed by atoms with van der Waals surface area (Å²) in [5.74, 6) is -0.214. The molecule has 0 saturated heterocycles. The zero-order valence-electron chi connectivity index (χ0n) is 11.9. The fourth-order valence-corrected chi connectivity index (χ4v) is 1.97. The Morgan fingerprint density at radius 3 is 2.53 bits per heavy atom. The summed E-state index contributed by atoms with van der Waals surface area (Å²) in [5.41, 5.74) is 6.69. The fourth-order valence-electron chi connectivity index (χ4n) is 1.97. The first kappa shape index (κ1) is 15.7. The van der Waals surface area contributed by atoms with Crippen LogP contribution in [0.2, 0.25) is 0 Å². The number of carbonyl (C=O) groups is 1. The number of nitrogens with zero attached hydrogens (tertiary/aromatic N) is 1. The highest BCUT2D eigenvalue weighted by molar-refractivity contribution is 5.83. The van der Waals surface area contributed by atoms with Crippen molar-refractivity contribution in [3.8, 4) is 0 Å². The lowest BCUT2D eigenvalue weighted by molar-refractivity contribution is -0.122. The third kappa shape index (κ3) is 5.85. The maximum Gasteiger partial charge on any atom is 0.228 e. The summed E-state index contributed by atoms with van der Waals surface area (Å²) in [6.45, 7) is 2.11. The predicted molar refractivity (Wildman–Crippen MR) is 79.0 cm³/mol. The van der Waals surface area contributed by atoms with Crippen LogP contribution in [0.3, 0.4) is 0 Å². The Morgan fingerprint density at radius 2 is 1.95 bits per heavy atom. The lowest BCUT2D eigenvalue weighted by atomic mass is 9.98. The third-order valence-corrected chi connectivity index (χ3v) is 3.09. The van der Waals surface area contributed by atoms with E-state index in [1.165, 1.54) is 0 Å². The molecule has 1 aromatic carbocycles. The molecule has 1 unspecified atom stereocenters. The first-order chi connectivity index (χ1) is 9.15. The van der Waals surface area contributed by atoms with Crippen LogP contribution in [0.4, 0.5) is 0 Å². The number of carbonyl (C=O) groups excluding carboxylic acids is 1. The van der Waals surface area contributed by atoms with E-state index in [2.05, 4.69) is 24.3 Å². The van der Waals surface area contributed by atoms with E-state index in [0.29, 0.717) is 6.54 Å². The summed E-state index contributed by atoms with van der Waals surface area (Å²) in [5, 5.41) is 2.97. The van der Waals surface area contributed by atoms with Gasteiger partial charge in [0.1, 0.15) is 0 Å². The van der Waals surface area contributed by atoms with E-state index in [0.717, 1.165) is 31.5 Å². The molecule has 1 rings (SSSR count). The molecule has 0 saturated carbocycles. The van der Waals surface area contributed by atoms with Gasteiger partial charge in [0.2, 0.25) is 5.91 Å². The van der Waals surface area contributed by atoms with Crippen molar-refractivity contribution in [1.29, 1.82) is 0 Å². The molecule has 1 aromatic rings. The predicted octanol–water partition coefficient (Wildman–Crippen LogP) is 1.19. The molecule has 0 spiro atoms. The van der Waals surface area contributed by atoms with Crippen LogP contribution in [0.1, 0.15) is 24.3 Å². The zero-order valence-corrected chi connectivity index (χ0v) is 11.9. The molecule has 0 aromatic heterocycles. The monoisotopic (exact) mass is 263 g/mol. The van der Waals surface area contributed by atoms with Crippen molar-refractivity contribution < 1.29 is 4.79 Å². The molecule has 0 fully saturated rings. The lowest BCUT2D eigenvalue weighted by Gasteiger charge is -2.15. The molecule has 0 aliphatic carbocycles. The van der Waals surface area contributed by atoms with Gasteiger partial charge >= 0.3 is 0 Å². The van der Waals surface area contributed by atoms with Crippen LogP contribution in [-0.2, 0) is 4.79 Å². The number of nitrogens with two attached hydrogens (primary N) is 1. The van der Waals surface area contributed by atoms with Crippen LogP contribution < -0.4 is 11.1 Å². The Morgan fingerprint density at radius 1 is 1.26 bits per heavy atom. The number of nitrogens with one attached hydrogen (secondary N) is 1. The number of hydrogen-bond donors (Lipinski definition) is 2. The van der Waals surface area contributed by atoms with Gasteiger partial charge in [0.05, 0.1) is 5.92 Å². The SMILES string of the molecule is CN(C)CCCCNC(=O)C(CN)c1ccccc1. The third-order valence-electron chi connectivity index (χ3n) is 3.09. The van der Waals surface area contributed by atoms with Crippen molar-refractivity contribution in [2.24, 2.45) is 5.73 Å². The molecule has 4 heteroatoms. The second kappa shape index (κ2) is 8.67. The Bertz CT molecular complexity index is 365. The molecule has 4 nitrogen and oxygen atoms in total. The molecule has 0 radical (unpaired) electrons. The van der Waals surface area contributed by atoms with Gasteiger partial charge in [-0.15, -0.1) is 0 Å². The Labute approximate surface area is 116 Å². The molecular formula is C15H25N3O. The summed E-state index contributed by atoms with van der Waals surface area (Å²) >= 11 is 0. The molecule has 0 bridgehead atoms. The molecule has 1 atom stereocenters. The first-order valence-corrected chi connectivity index (χ1v) is 6.82. The van der Waals surface area contributed by atoms with E-state index in [1.807, 2.05) is 30.3 Å². The fraction of sp³-hybridized carbons (Fsp3) is 0.533. The average Bonchev–Trinajstić information content (AvgIpc) is 2.40. The van der Waals surface area contributed by atoms with Crippen molar-refractivity contribution in [2.45, 2.75) is 18.8 Å². The summed E-state index contributed by atoms with van der Waals surface area (Å²) in [7, 11) is 4.11.